The van der Waals surface area contributed by atoms with Crippen molar-refractivity contribution in [1.82, 2.24) is 0 Å². The predicted octanol–water partition coefficient (Wildman–Crippen LogP) is 18.0. The van der Waals surface area contributed by atoms with E-state index < -0.39 is 88.9 Å². The summed E-state index contributed by atoms with van der Waals surface area (Å²) in [4.78, 5) is 96.8. The number of rotatable bonds is 28. The largest absolute Gasteiger partial charge is 0.481 e. The van der Waals surface area contributed by atoms with E-state index in [1.54, 1.807) is 13.8 Å². The SMILES string of the molecule is CCC(C)(C)C(=O)O.CCC(C)(C)C(=O)OC12CC3CC(CC(O)(C3)C1)C2.CCC(C)(C)C(=O)OC12CC3CC(CC(OCC(=O)OC(C)(C)C)(C3)C1)C2.CCC(C)(C)C(=O)OC12CC3CC(O)(CC(O)(C3)C1)C2.CCC(C)(C)C(=O)OC1C2CC3C(=O)OC1C3C2.CCOC(C)OC12CC3CC(OC(=O)C(C)(C)CC)(C1)CC(OC(C)OCC)(C3)C2. The summed E-state index contributed by atoms with van der Waals surface area (Å²) in [5.41, 5.74) is -8.72. The van der Waals surface area contributed by atoms with Crippen molar-refractivity contribution in [1.29, 1.82) is 0 Å². The molecule has 15 unspecified atom stereocenters. The summed E-state index contributed by atoms with van der Waals surface area (Å²) in [6.45, 7) is 49.2. The summed E-state index contributed by atoms with van der Waals surface area (Å²) in [7, 11) is 0. The van der Waals surface area contributed by atoms with E-state index in [0.29, 0.717) is 106 Å². The van der Waals surface area contributed by atoms with Crippen LogP contribution in [0.5, 0.6) is 0 Å². The van der Waals surface area contributed by atoms with Crippen LogP contribution in [0.25, 0.3) is 0 Å². The van der Waals surface area contributed by atoms with Crippen molar-refractivity contribution >= 4 is 47.8 Å². The van der Waals surface area contributed by atoms with Gasteiger partial charge in [-0.2, -0.15) is 0 Å². The fourth-order valence-electron chi connectivity index (χ4n) is 24.9. The molecule has 18 saturated carbocycles. The Labute approximate surface area is 730 Å². The van der Waals surface area contributed by atoms with Gasteiger partial charge in [0.1, 0.15) is 46.8 Å². The van der Waals surface area contributed by atoms with Crippen molar-refractivity contribution in [2.75, 3.05) is 19.8 Å². The quantitative estimate of drug-likeness (QED) is 0.0321. The molecule has 1 aliphatic heterocycles. The third-order valence-electron chi connectivity index (χ3n) is 31.9. The minimum Gasteiger partial charge on any atom is -0.481 e. The van der Waals surface area contributed by atoms with Crippen molar-refractivity contribution in [3.05, 3.63) is 0 Å². The van der Waals surface area contributed by atoms with Gasteiger partial charge in [0.2, 0.25) is 0 Å². The van der Waals surface area contributed by atoms with Gasteiger partial charge in [0.15, 0.2) is 12.6 Å². The fourth-order valence-corrected chi connectivity index (χ4v) is 24.9. The van der Waals surface area contributed by atoms with Crippen LogP contribution in [0.1, 0.15) is 379 Å². The summed E-state index contributed by atoms with van der Waals surface area (Å²) in [6, 6.07) is 0. The molecule has 24 heteroatoms. The van der Waals surface area contributed by atoms with Crippen LogP contribution in [-0.2, 0) is 95.2 Å². The highest BCUT2D eigenvalue weighted by molar-refractivity contribution is 5.80. The lowest BCUT2D eigenvalue weighted by Gasteiger charge is -2.65. The third-order valence-corrected chi connectivity index (χ3v) is 31.9. The molecule has 698 valence electrons. The topological polar surface area (TPSA) is 328 Å². The Kier molecular flexibility index (Phi) is 29.4. The summed E-state index contributed by atoms with van der Waals surface area (Å²) >= 11 is 0. The molecule has 15 atom stereocenters. The fraction of sp³-hybridized carbons (Fsp3) is 0.918. The van der Waals surface area contributed by atoms with Crippen LogP contribution in [-0.4, -0.2) is 174 Å². The van der Waals surface area contributed by atoms with Gasteiger partial charge in [-0.05, 0) is 321 Å². The molecule has 18 aliphatic carbocycles. The van der Waals surface area contributed by atoms with Gasteiger partial charge in [0.05, 0.1) is 72.0 Å². The molecule has 1 saturated heterocycles. The normalized spacial score (nSPS) is 38.3. The van der Waals surface area contributed by atoms with Crippen LogP contribution in [0.4, 0.5) is 0 Å². The molecule has 19 fully saturated rings. The van der Waals surface area contributed by atoms with E-state index in [0.717, 1.165) is 141 Å². The molecule has 24 nitrogen and oxygen atoms in total. The Hall–Kier alpha value is -4.56. The second kappa shape index (κ2) is 36.1. The van der Waals surface area contributed by atoms with E-state index >= 15 is 0 Å². The van der Waals surface area contributed by atoms with E-state index in [-0.39, 0.29) is 96.2 Å². The molecular weight excluding hydrogens is 1560 g/mol. The molecular formula is C98H162O24. The van der Waals surface area contributed by atoms with Crippen molar-refractivity contribution in [2.24, 2.45) is 85.8 Å². The first-order valence-corrected chi connectivity index (χ1v) is 47.4. The molecule has 0 aromatic heterocycles. The average molecular weight is 1720 g/mol. The van der Waals surface area contributed by atoms with Crippen molar-refractivity contribution in [3.63, 3.8) is 0 Å². The Morgan fingerprint density at radius 3 is 1.10 bits per heavy atom. The molecule has 122 heavy (non-hydrogen) atoms. The number of esters is 7. The van der Waals surface area contributed by atoms with Crippen LogP contribution in [0.15, 0.2) is 0 Å². The predicted molar refractivity (Wildman–Crippen MR) is 458 cm³/mol. The number of carbonyl (C=O) groups is 8. The Morgan fingerprint density at radius 1 is 0.393 bits per heavy atom. The minimum atomic E-state index is -0.842. The Balaban J connectivity index is 0.000000158. The number of aliphatic carboxylic acids is 1. The number of carboxylic acid groups (broad SMARTS) is 1. The zero-order valence-electron chi connectivity index (χ0n) is 79.7. The lowest BCUT2D eigenvalue weighted by molar-refractivity contribution is -0.334. The highest BCUT2D eigenvalue weighted by Gasteiger charge is 2.70. The van der Waals surface area contributed by atoms with E-state index in [1.807, 2.05) is 159 Å². The number of carboxylic acids is 1. The van der Waals surface area contributed by atoms with Gasteiger partial charge in [-0.25, -0.2) is 4.79 Å². The van der Waals surface area contributed by atoms with Gasteiger partial charge < -0.3 is 77.3 Å². The minimum absolute atomic E-state index is 0.0266. The zero-order chi connectivity index (χ0) is 90.9. The summed E-state index contributed by atoms with van der Waals surface area (Å²) in [5.74, 6) is 1.74. The van der Waals surface area contributed by atoms with Gasteiger partial charge in [0.25, 0.3) is 0 Å². The molecule has 19 aliphatic rings. The molecule has 18 bridgehead atoms. The molecule has 0 amide bonds. The molecule has 0 aromatic carbocycles. The van der Waals surface area contributed by atoms with Gasteiger partial charge in [-0.3, -0.25) is 33.6 Å². The van der Waals surface area contributed by atoms with E-state index in [9.17, 15) is 53.7 Å². The first-order chi connectivity index (χ1) is 56.2. The van der Waals surface area contributed by atoms with Crippen molar-refractivity contribution < 1.29 is 116 Å². The number of hydrogen-bond donors (Lipinski definition) is 4. The number of ether oxygens (including phenoxy) is 12. The van der Waals surface area contributed by atoms with Crippen LogP contribution < -0.4 is 0 Å². The second-order valence-corrected chi connectivity index (χ2v) is 46.6. The number of fused-ring (bicyclic) bond motifs is 1. The smallest absolute Gasteiger partial charge is 0.332 e. The monoisotopic (exact) mass is 1720 g/mol. The molecule has 19 rings (SSSR count). The maximum absolute atomic E-state index is 13.1. The van der Waals surface area contributed by atoms with Crippen molar-refractivity contribution in [2.45, 2.75) is 465 Å². The molecule has 0 radical (unpaired) electrons. The number of hydrogen-bond acceptors (Lipinski definition) is 23. The zero-order valence-corrected chi connectivity index (χ0v) is 79.7. The average Bonchev–Trinajstić information content (AvgIpc) is 0.753. The maximum atomic E-state index is 13.1. The van der Waals surface area contributed by atoms with Crippen LogP contribution in [0, 0.1) is 85.8 Å². The molecule has 4 N–H and O–H groups in total. The lowest BCUT2D eigenvalue weighted by Crippen LogP contribution is -2.69. The first kappa shape index (κ1) is 99.6. The van der Waals surface area contributed by atoms with Crippen LogP contribution in [0.3, 0.4) is 0 Å². The maximum Gasteiger partial charge on any atom is 0.332 e. The van der Waals surface area contributed by atoms with Gasteiger partial charge >= 0.3 is 47.8 Å². The molecule has 0 spiro atoms. The lowest BCUT2D eigenvalue weighted by atomic mass is 9.50. The van der Waals surface area contributed by atoms with Crippen LogP contribution in [0.2, 0.25) is 0 Å². The Morgan fingerprint density at radius 2 is 0.721 bits per heavy atom. The molecule has 0 aromatic rings. The van der Waals surface area contributed by atoms with Gasteiger partial charge in [-0.1, -0.05) is 41.5 Å². The molecule has 1 heterocycles. The Bertz CT molecular complexity index is 3650. The summed E-state index contributed by atoms with van der Waals surface area (Å²) < 4.78 is 71.6. The van der Waals surface area contributed by atoms with E-state index in [4.69, 9.17) is 61.9 Å². The highest BCUT2D eigenvalue weighted by Crippen LogP contribution is 2.67. The van der Waals surface area contributed by atoms with E-state index in [2.05, 4.69) is 0 Å². The third kappa shape index (κ3) is 22.6. The standard InChI is InChI=1S/C24H42O6.C22H36O5.C16H26O4.C16H26O3.C14H20O4.C6H12O2/c1-8-21(6,7)20(25)30-24-13-19-11-22(15-24,28-17(4)26-9-2)14-23(12-19,16-24)29-18(5)27-10-3;1-7-20(5,6)18(24)27-22-11-15-8-16(12-22)10-21(9-15,14-22)25-13-17(23)26-19(2,3)4;1-4-13(2,3)12(17)20-16-7-11-5-14(18,9-16)8-15(19,6-11)10-16;1-4-14(2,3)13(17)19-16-8-11-5-12(9-16)7-15(18,6-11)10-16;1-4-14(2,3)13(16)18-10-7-5-8-9(6-7)12(15)17-11(8)10;1-4-6(2,3)5(7)8/h17-19H,8-16H2,1-7H3;15-16H,7-14H2,1-6H3;11,18-19H,4-10H2,1-3H3;11-12,18H,4-10H2,1-3H3;7-11H,4-6H2,1-3H3;4H2,1-3H3,(H,7,8). The van der Waals surface area contributed by atoms with Gasteiger partial charge in [0, 0.05) is 76.4 Å². The number of aliphatic hydroxyl groups is 3. The highest BCUT2D eigenvalue weighted by atomic mass is 16.7. The van der Waals surface area contributed by atoms with Gasteiger partial charge in [-0.15, -0.1) is 0 Å². The van der Waals surface area contributed by atoms with Crippen LogP contribution >= 0.6 is 0 Å². The number of carbonyl (C=O) groups excluding carboxylic acids is 7. The summed E-state index contributed by atoms with van der Waals surface area (Å²) in [5, 5.41) is 40.4. The summed E-state index contributed by atoms with van der Waals surface area (Å²) in [6.07, 6.45) is 25.4. The van der Waals surface area contributed by atoms with E-state index in [1.165, 1.54) is 12.8 Å². The first-order valence-electron chi connectivity index (χ1n) is 47.4. The van der Waals surface area contributed by atoms with Crippen molar-refractivity contribution in [3.8, 4) is 0 Å². The second-order valence-electron chi connectivity index (χ2n) is 46.6.